The molecule has 7 nitrogen and oxygen atoms in total. The van der Waals surface area contributed by atoms with Crippen LogP contribution in [0.15, 0.2) is 35.0 Å². The van der Waals surface area contributed by atoms with Crippen molar-refractivity contribution in [3.63, 3.8) is 0 Å². The quantitative estimate of drug-likeness (QED) is 0.705. The van der Waals surface area contributed by atoms with Gasteiger partial charge in [0.1, 0.15) is 11.3 Å². The minimum absolute atomic E-state index is 0.00786. The Morgan fingerprint density at radius 2 is 2.15 bits per heavy atom. The molecule has 0 radical (unpaired) electrons. The second-order valence-electron chi connectivity index (χ2n) is 7.13. The van der Waals surface area contributed by atoms with Crippen LogP contribution in [0.3, 0.4) is 0 Å². The largest absolute Gasteiger partial charge is 0.423 e. The highest BCUT2D eigenvalue weighted by Crippen LogP contribution is 2.27. The first kappa shape index (κ1) is 17.5. The standard InChI is InChI=1S/C19H22FN5O2/c1-23(18(26)14-10-21-24(2)12-14)11-13-5-7-25(8-6-13)19-22-16-4-3-15(20)9-17(16)27-19/h3-4,9-10,12-13H,5-8,11H2,1-2H3. The number of benzene rings is 1. The average molecular weight is 371 g/mol. The van der Waals surface area contributed by atoms with Crippen molar-refractivity contribution in [2.75, 3.05) is 31.6 Å². The molecular formula is C19H22FN5O2. The number of aromatic nitrogens is 3. The summed E-state index contributed by atoms with van der Waals surface area (Å²) in [5.41, 5.74) is 1.74. The highest BCUT2D eigenvalue weighted by Gasteiger charge is 2.25. The van der Waals surface area contributed by atoms with Crippen LogP contribution < -0.4 is 4.90 Å². The Morgan fingerprint density at radius 1 is 1.37 bits per heavy atom. The normalized spacial score (nSPS) is 15.4. The van der Waals surface area contributed by atoms with Gasteiger partial charge in [0.15, 0.2) is 5.58 Å². The number of carbonyl (C=O) groups is 1. The molecule has 27 heavy (non-hydrogen) atoms. The Kier molecular flexibility index (Phi) is 4.55. The summed E-state index contributed by atoms with van der Waals surface area (Å²) in [4.78, 5) is 20.7. The smallest absolute Gasteiger partial charge is 0.298 e. The number of oxazole rings is 1. The molecule has 0 atom stereocenters. The Labute approximate surface area is 156 Å². The SMILES string of the molecule is CN(CC1CCN(c2nc3ccc(F)cc3o2)CC1)C(=O)c1cnn(C)c1. The number of rotatable bonds is 4. The average Bonchev–Trinajstić information content (AvgIpc) is 3.27. The first-order valence-electron chi connectivity index (χ1n) is 9.05. The van der Waals surface area contributed by atoms with Crippen LogP contribution in [0.25, 0.3) is 11.1 Å². The molecule has 0 aliphatic carbocycles. The summed E-state index contributed by atoms with van der Waals surface area (Å²) in [7, 11) is 3.63. The lowest BCUT2D eigenvalue weighted by atomic mass is 9.96. The van der Waals surface area contributed by atoms with E-state index >= 15 is 0 Å². The van der Waals surface area contributed by atoms with Crippen molar-refractivity contribution >= 4 is 23.0 Å². The highest BCUT2D eigenvalue weighted by atomic mass is 19.1. The predicted octanol–water partition coefficient (Wildman–Crippen LogP) is 2.69. The van der Waals surface area contributed by atoms with E-state index in [-0.39, 0.29) is 11.7 Å². The highest BCUT2D eigenvalue weighted by molar-refractivity contribution is 5.93. The van der Waals surface area contributed by atoms with E-state index in [4.69, 9.17) is 4.42 Å². The molecule has 4 rings (SSSR count). The number of piperidine rings is 1. The van der Waals surface area contributed by atoms with Gasteiger partial charge < -0.3 is 14.2 Å². The van der Waals surface area contributed by atoms with Gasteiger partial charge in [-0.15, -0.1) is 0 Å². The molecule has 0 saturated carbocycles. The summed E-state index contributed by atoms with van der Waals surface area (Å²) < 4.78 is 20.6. The van der Waals surface area contributed by atoms with Gasteiger partial charge in [0, 0.05) is 46.0 Å². The van der Waals surface area contributed by atoms with E-state index in [0.29, 0.717) is 35.1 Å². The second kappa shape index (κ2) is 7.02. The maximum absolute atomic E-state index is 13.3. The van der Waals surface area contributed by atoms with Crippen molar-refractivity contribution in [3.8, 4) is 0 Å². The summed E-state index contributed by atoms with van der Waals surface area (Å²) in [5, 5.41) is 4.06. The summed E-state index contributed by atoms with van der Waals surface area (Å²) in [6, 6.07) is 4.91. The van der Waals surface area contributed by atoms with Crippen LogP contribution in [0, 0.1) is 11.7 Å². The molecule has 1 aliphatic rings. The minimum atomic E-state index is -0.328. The van der Waals surface area contributed by atoms with E-state index in [1.807, 2.05) is 7.05 Å². The van der Waals surface area contributed by atoms with Gasteiger partial charge in [-0.3, -0.25) is 9.48 Å². The third-order valence-electron chi connectivity index (χ3n) is 5.05. The molecule has 1 saturated heterocycles. The molecule has 1 aromatic carbocycles. The zero-order valence-electron chi connectivity index (χ0n) is 15.4. The van der Waals surface area contributed by atoms with E-state index in [1.165, 1.54) is 12.1 Å². The monoisotopic (exact) mass is 371 g/mol. The summed E-state index contributed by atoms with van der Waals surface area (Å²) >= 11 is 0. The van der Waals surface area contributed by atoms with Crippen molar-refractivity contribution in [1.29, 1.82) is 0 Å². The van der Waals surface area contributed by atoms with Crippen molar-refractivity contribution < 1.29 is 13.6 Å². The first-order valence-corrected chi connectivity index (χ1v) is 9.05. The minimum Gasteiger partial charge on any atom is -0.423 e. The Balaban J connectivity index is 1.34. The topological polar surface area (TPSA) is 67.4 Å². The number of hydrogen-bond donors (Lipinski definition) is 0. The Hall–Kier alpha value is -2.90. The lowest BCUT2D eigenvalue weighted by Crippen LogP contribution is -2.39. The predicted molar refractivity (Wildman–Crippen MR) is 99.1 cm³/mol. The molecule has 142 valence electrons. The van der Waals surface area contributed by atoms with Gasteiger partial charge in [-0.25, -0.2) is 4.39 Å². The van der Waals surface area contributed by atoms with Crippen molar-refractivity contribution in [2.24, 2.45) is 13.0 Å². The van der Waals surface area contributed by atoms with Crippen LogP contribution >= 0.6 is 0 Å². The molecular weight excluding hydrogens is 349 g/mol. The fraction of sp³-hybridized carbons (Fsp3) is 0.421. The molecule has 8 heteroatoms. The molecule has 3 aromatic rings. The van der Waals surface area contributed by atoms with E-state index < -0.39 is 0 Å². The fourth-order valence-corrected chi connectivity index (χ4v) is 3.55. The third-order valence-corrected chi connectivity index (χ3v) is 5.05. The zero-order valence-corrected chi connectivity index (χ0v) is 15.4. The van der Waals surface area contributed by atoms with Gasteiger partial charge >= 0.3 is 0 Å². The summed E-state index contributed by atoms with van der Waals surface area (Å²) in [6.07, 6.45) is 5.21. The van der Waals surface area contributed by atoms with Gasteiger partial charge in [-0.2, -0.15) is 10.1 Å². The second-order valence-corrected chi connectivity index (χ2v) is 7.13. The van der Waals surface area contributed by atoms with Gasteiger partial charge in [0.2, 0.25) is 0 Å². The van der Waals surface area contributed by atoms with E-state index in [2.05, 4.69) is 15.0 Å². The first-order chi connectivity index (χ1) is 13.0. The molecule has 0 spiro atoms. The molecule has 0 N–H and O–H groups in total. The number of anilines is 1. The van der Waals surface area contributed by atoms with Crippen LogP contribution in [-0.2, 0) is 7.05 Å². The fourth-order valence-electron chi connectivity index (χ4n) is 3.55. The molecule has 1 amide bonds. The van der Waals surface area contributed by atoms with Gasteiger partial charge in [0.05, 0.1) is 11.8 Å². The molecule has 3 heterocycles. The van der Waals surface area contributed by atoms with Crippen molar-refractivity contribution in [3.05, 3.63) is 42.0 Å². The van der Waals surface area contributed by atoms with E-state index in [9.17, 15) is 9.18 Å². The maximum Gasteiger partial charge on any atom is 0.298 e. The molecule has 0 bridgehead atoms. The number of aryl methyl sites for hydroxylation is 1. The number of halogens is 1. The molecule has 1 fully saturated rings. The molecule has 2 aromatic heterocycles. The van der Waals surface area contributed by atoms with Crippen molar-refractivity contribution in [1.82, 2.24) is 19.7 Å². The number of nitrogens with zero attached hydrogens (tertiary/aromatic N) is 5. The van der Waals surface area contributed by atoms with E-state index in [1.54, 1.807) is 35.1 Å². The van der Waals surface area contributed by atoms with Crippen LogP contribution in [0.1, 0.15) is 23.2 Å². The third kappa shape index (κ3) is 3.65. The molecule has 1 aliphatic heterocycles. The summed E-state index contributed by atoms with van der Waals surface area (Å²) in [5.74, 6) is 0.0884. The lowest BCUT2D eigenvalue weighted by Gasteiger charge is -2.32. The van der Waals surface area contributed by atoms with E-state index in [0.717, 1.165) is 25.9 Å². The lowest BCUT2D eigenvalue weighted by molar-refractivity contribution is 0.0764. The number of amides is 1. The van der Waals surface area contributed by atoms with Crippen LogP contribution in [-0.4, -0.2) is 52.3 Å². The Morgan fingerprint density at radius 3 is 2.85 bits per heavy atom. The molecule has 0 unspecified atom stereocenters. The van der Waals surface area contributed by atoms with Gasteiger partial charge in [0.25, 0.3) is 11.9 Å². The number of hydrogen-bond acceptors (Lipinski definition) is 5. The summed E-state index contributed by atoms with van der Waals surface area (Å²) in [6.45, 7) is 2.31. The zero-order chi connectivity index (χ0) is 19.0. The van der Waals surface area contributed by atoms with Gasteiger partial charge in [-0.05, 0) is 30.9 Å². The van der Waals surface area contributed by atoms with Crippen LogP contribution in [0.4, 0.5) is 10.4 Å². The number of carbonyl (C=O) groups excluding carboxylic acids is 1. The van der Waals surface area contributed by atoms with Gasteiger partial charge in [-0.1, -0.05) is 0 Å². The van der Waals surface area contributed by atoms with Crippen molar-refractivity contribution in [2.45, 2.75) is 12.8 Å². The Bertz CT molecular complexity index is 958. The maximum atomic E-state index is 13.3. The van der Waals surface area contributed by atoms with Crippen LogP contribution in [0.5, 0.6) is 0 Å². The van der Waals surface area contributed by atoms with Crippen LogP contribution in [0.2, 0.25) is 0 Å². The number of fused-ring (bicyclic) bond motifs is 1.